The predicted molar refractivity (Wildman–Crippen MR) is 121 cm³/mol. The van der Waals surface area contributed by atoms with Crippen LogP contribution in [0.1, 0.15) is 23.6 Å². The first-order chi connectivity index (χ1) is 16.0. The fourth-order valence-electron chi connectivity index (χ4n) is 4.12. The third kappa shape index (κ3) is 4.32. The van der Waals surface area contributed by atoms with E-state index in [0.29, 0.717) is 42.1 Å². The summed E-state index contributed by atoms with van der Waals surface area (Å²) < 4.78 is 12.9. The van der Waals surface area contributed by atoms with Gasteiger partial charge in [-0.3, -0.25) is 14.6 Å². The van der Waals surface area contributed by atoms with Crippen molar-refractivity contribution in [2.45, 2.75) is 19.0 Å². The first kappa shape index (κ1) is 22.1. The number of aromatic nitrogens is 2. The molecule has 8 heteroatoms. The van der Waals surface area contributed by atoms with E-state index in [1.807, 2.05) is 29.4 Å². The summed E-state index contributed by atoms with van der Waals surface area (Å²) >= 11 is 0. The van der Waals surface area contributed by atoms with Gasteiger partial charge in [0, 0.05) is 24.1 Å². The third-order valence-corrected chi connectivity index (χ3v) is 5.74. The van der Waals surface area contributed by atoms with Gasteiger partial charge in [-0.2, -0.15) is 0 Å². The van der Waals surface area contributed by atoms with Crippen molar-refractivity contribution in [3.8, 4) is 11.5 Å². The number of Topliss-reactive ketones (excluding diaryl/α,β-unsaturated/α-hetero) is 1. The van der Waals surface area contributed by atoms with Crippen molar-refractivity contribution in [2.24, 2.45) is 0 Å². The maximum atomic E-state index is 13.2. The van der Waals surface area contributed by atoms with E-state index in [1.165, 1.54) is 12.0 Å². The van der Waals surface area contributed by atoms with Gasteiger partial charge < -0.3 is 19.5 Å². The number of carbonyl (C=O) groups is 2. The Morgan fingerprint density at radius 2 is 1.91 bits per heavy atom. The molecule has 1 aliphatic rings. The van der Waals surface area contributed by atoms with Gasteiger partial charge in [-0.15, -0.1) is 0 Å². The lowest BCUT2D eigenvalue weighted by Crippen LogP contribution is -2.36. The number of H-pyrrole nitrogens is 1. The van der Waals surface area contributed by atoms with E-state index in [1.54, 1.807) is 49.6 Å². The minimum atomic E-state index is -0.813. The number of amides is 1. The number of rotatable bonds is 8. The Hall–Kier alpha value is -4.07. The second-order valence-electron chi connectivity index (χ2n) is 7.67. The van der Waals surface area contributed by atoms with Crippen LogP contribution in [0, 0.1) is 0 Å². The topological polar surface area (TPSA) is 95.7 Å². The number of carbonyl (C=O) groups excluding carboxylic acids is 2. The van der Waals surface area contributed by atoms with E-state index >= 15 is 0 Å². The van der Waals surface area contributed by atoms with Crippen molar-refractivity contribution >= 4 is 17.4 Å². The molecule has 1 fully saturated rings. The zero-order valence-corrected chi connectivity index (χ0v) is 18.5. The predicted octanol–water partition coefficient (Wildman–Crippen LogP) is 2.83. The molecule has 2 aromatic carbocycles. The third-order valence-electron chi connectivity index (χ3n) is 5.74. The standard InChI is InChI=1S/C25H25N3O5/c1-32-18-9-10-20(33-2)19(15-18)22-21(23(29)17-7-4-3-5-8-17)24(30)25(31)28(22)13-6-12-27-14-11-26-16-27/h3-5,7-11,14-16,22H,6,12-13H2,1-2H3,(H,29,30)/p+1. The van der Waals surface area contributed by atoms with E-state index in [2.05, 4.69) is 4.98 Å². The van der Waals surface area contributed by atoms with Crippen LogP contribution in [-0.4, -0.2) is 47.4 Å². The van der Waals surface area contributed by atoms with Crippen molar-refractivity contribution in [1.29, 1.82) is 0 Å². The monoisotopic (exact) mass is 448 g/mol. The Balaban J connectivity index is 1.80. The summed E-state index contributed by atoms with van der Waals surface area (Å²) in [5.41, 5.74) is 1.07. The van der Waals surface area contributed by atoms with Crippen molar-refractivity contribution < 1.29 is 28.7 Å². The maximum absolute atomic E-state index is 13.2. The number of aliphatic hydroxyl groups excluding tert-OH is 1. The normalized spacial score (nSPS) is 17.4. The lowest BCUT2D eigenvalue weighted by atomic mass is 9.94. The van der Waals surface area contributed by atoms with E-state index in [9.17, 15) is 14.7 Å². The molecule has 0 bridgehead atoms. The number of benzene rings is 2. The highest BCUT2D eigenvalue weighted by atomic mass is 16.5. The molecule has 8 nitrogen and oxygen atoms in total. The maximum Gasteiger partial charge on any atom is 0.295 e. The number of methoxy groups -OCH3 is 2. The van der Waals surface area contributed by atoms with Gasteiger partial charge in [0.1, 0.15) is 29.7 Å². The minimum Gasteiger partial charge on any atom is -0.507 e. The van der Waals surface area contributed by atoms with Gasteiger partial charge in [-0.25, -0.2) is 4.57 Å². The number of ketones is 1. The number of hydrogen-bond donors (Lipinski definition) is 2. The first-order valence-electron chi connectivity index (χ1n) is 10.6. The summed E-state index contributed by atoms with van der Waals surface area (Å²) in [5.74, 6) is -0.543. The SMILES string of the molecule is COc1ccc(OC)c(C2C(=C(O)c3ccccc3)C(=O)C(=O)N2CCC[n+]2cc[nH]c2)c1. The Bertz CT molecular complexity index is 1170. The van der Waals surface area contributed by atoms with Crippen LogP contribution in [0.2, 0.25) is 0 Å². The highest BCUT2D eigenvalue weighted by Gasteiger charge is 2.47. The summed E-state index contributed by atoms with van der Waals surface area (Å²) in [7, 11) is 3.07. The number of imidazole rings is 1. The molecule has 3 aromatic rings. The second kappa shape index (κ2) is 9.60. The van der Waals surface area contributed by atoms with Crippen LogP contribution >= 0.6 is 0 Å². The lowest BCUT2D eigenvalue weighted by molar-refractivity contribution is -0.695. The Labute approximate surface area is 191 Å². The average molecular weight is 448 g/mol. The highest BCUT2D eigenvalue weighted by Crippen LogP contribution is 2.43. The summed E-state index contributed by atoms with van der Waals surface area (Å²) in [6.07, 6.45) is 6.15. The zero-order chi connectivity index (χ0) is 23.4. The van der Waals surface area contributed by atoms with Crippen LogP contribution in [0.5, 0.6) is 11.5 Å². The van der Waals surface area contributed by atoms with E-state index in [0.717, 1.165) is 0 Å². The summed E-state index contributed by atoms with van der Waals surface area (Å²) in [6.45, 7) is 0.979. The number of aromatic amines is 1. The van der Waals surface area contributed by atoms with Crippen LogP contribution in [-0.2, 0) is 16.1 Å². The fourth-order valence-corrected chi connectivity index (χ4v) is 4.12. The molecule has 0 saturated carbocycles. The lowest BCUT2D eigenvalue weighted by Gasteiger charge is -2.26. The van der Waals surface area contributed by atoms with Crippen LogP contribution in [0.25, 0.3) is 5.76 Å². The van der Waals surface area contributed by atoms with Crippen molar-refractivity contribution in [1.82, 2.24) is 9.88 Å². The molecule has 170 valence electrons. The van der Waals surface area contributed by atoms with Crippen LogP contribution in [0.4, 0.5) is 0 Å². The molecule has 1 amide bonds. The van der Waals surface area contributed by atoms with Crippen LogP contribution < -0.4 is 14.0 Å². The molecular weight excluding hydrogens is 422 g/mol. The van der Waals surface area contributed by atoms with Crippen LogP contribution in [0.15, 0.2) is 72.8 Å². The molecule has 1 aliphatic heterocycles. The molecule has 0 aliphatic carbocycles. The number of nitrogens with zero attached hydrogens (tertiary/aromatic N) is 2. The van der Waals surface area contributed by atoms with Crippen molar-refractivity contribution in [3.05, 3.63) is 84.0 Å². The Kier molecular flexibility index (Phi) is 6.44. The van der Waals surface area contributed by atoms with Crippen LogP contribution in [0.3, 0.4) is 0 Å². The molecule has 1 aromatic heterocycles. The molecule has 0 radical (unpaired) electrons. The van der Waals surface area contributed by atoms with Gasteiger partial charge in [0.25, 0.3) is 11.7 Å². The molecular formula is C25H26N3O5+. The van der Waals surface area contributed by atoms with Gasteiger partial charge in [0.05, 0.1) is 32.4 Å². The molecule has 2 heterocycles. The average Bonchev–Trinajstić information content (AvgIpc) is 3.46. The molecule has 1 atom stereocenters. The number of hydrogen-bond acceptors (Lipinski definition) is 5. The molecule has 2 N–H and O–H groups in total. The largest absolute Gasteiger partial charge is 0.507 e. The van der Waals surface area contributed by atoms with Gasteiger partial charge in [0.15, 0.2) is 0 Å². The first-order valence-corrected chi connectivity index (χ1v) is 10.6. The molecule has 1 saturated heterocycles. The second-order valence-corrected chi connectivity index (χ2v) is 7.67. The molecule has 4 rings (SSSR count). The quantitative estimate of drug-likeness (QED) is 0.239. The molecule has 0 spiro atoms. The minimum absolute atomic E-state index is 0.0343. The van der Waals surface area contributed by atoms with Gasteiger partial charge in [-0.1, -0.05) is 30.3 Å². The zero-order valence-electron chi connectivity index (χ0n) is 18.5. The van der Waals surface area contributed by atoms with E-state index < -0.39 is 17.7 Å². The van der Waals surface area contributed by atoms with Crippen molar-refractivity contribution in [2.75, 3.05) is 20.8 Å². The number of ether oxygens (including phenoxy) is 2. The number of aliphatic hydroxyl groups is 1. The van der Waals surface area contributed by atoms with E-state index in [4.69, 9.17) is 9.47 Å². The smallest absolute Gasteiger partial charge is 0.295 e. The Morgan fingerprint density at radius 1 is 1.12 bits per heavy atom. The molecule has 33 heavy (non-hydrogen) atoms. The summed E-state index contributed by atoms with van der Waals surface area (Å²) in [6, 6.07) is 13.1. The number of likely N-dealkylation sites (tertiary alicyclic amines) is 1. The summed E-state index contributed by atoms with van der Waals surface area (Å²) in [4.78, 5) is 30.8. The molecule has 1 unspecified atom stereocenters. The Morgan fingerprint density at radius 3 is 2.58 bits per heavy atom. The van der Waals surface area contributed by atoms with Crippen molar-refractivity contribution in [3.63, 3.8) is 0 Å². The van der Waals surface area contributed by atoms with Gasteiger partial charge >= 0.3 is 0 Å². The fraction of sp³-hybridized carbons (Fsp3) is 0.240. The van der Waals surface area contributed by atoms with E-state index in [-0.39, 0.29) is 11.3 Å². The highest BCUT2D eigenvalue weighted by molar-refractivity contribution is 6.46. The number of aryl methyl sites for hydroxylation is 1. The number of nitrogens with one attached hydrogen (secondary N) is 1. The van der Waals surface area contributed by atoms with Gasteiger partial charge in [-0.05, 0) is 18.2 Å². The van der Waals surface area contributed by atoms with Gasteiger partial charge in [0.2, 0.25) is 6.33 Å². The summed E-state index contributed by atoms with van der Waals surface area (Å²) in [5, 5.41) is 11.1.